The number of aromatic nitrogens is 2. The van der Waals surface area contributed by atoms with Gasteiger partial charge in [0.05, 0.1) is 24.5 Å². The molecule has 9 nitrogen and oxygen atoms in total. The molecule has 0 fully saturated rings. The zero-order valence-electron chi connectivity index (χ0n) is 20.5. The van der Waals surface area contributed by atoms with Crippen LogP contribution in [0, 0.1) is 0 Å². The van der Waals surface area contributed by atoms with Gasteiger partial charge in [-0.1, -0.05) is 24.3 Å². The average molecular weight is 490 g/mol. The van der Waals surface area contributed by atoms with E-state index >= 15 is 0 Å². The number of amides is 2. The van der Waals surface area contributed by atoms with Gasteiger partial charge >= 0.3 is 0 Å². The Morgan fingerprint density at radius 1 is 1.28 bits per heavy atom. The first-order valence-electron chi connectivity index (χ1n) is 12.3. The van der Waals surface area contributed by atoms with E-state index in [1.807, 2.05) is 32.3 Å². The summed E-state index contributed by atoms with van der Waals surface area (Å²) < 4.78 is 7.43. The maximum Gasteiger partial charge on any atom is 0.255 e. The molecule has 0 saturated carbocycles. The third-order valence-electron chi connectivity index (χ3n) is 6.81. The number of hydrogen-bond donors (Lipinski definition) is 3. The van der Waals surface area contributed by atoms with Crippen molar-refractivity contribution in [2.24, 2.45) is 7.05 Å². The zero-order chi connectivity index (χ0) is 25.2. The summed E-state index contributed by atoms with van der Waals surface area (Å²) in [5.74, 6) is -0.0694. The van der Waals surface area contributed by atoms with E-state index in [-0.39, 0.29) is 24.4 Å². The van der Waals surface area contributed by atoms with Crippen LogP contribution in [0.2, 0.25) is 0 Å². The van der Waals surface area contributed by atoms with Crippen LogP contribution in [0.1, 0.15) is 49.9 Å². The third kappa shape index (κ3) is 4.84. The number of rotatable bonds is 8. The summed E-state index contributed by atoms with van der Waals surface area (Å²) in [4.78, 5) is 27.9. The highest BCUT2D eigenvalue weighted by molar-refractivity contribution is 6.03. The molecule has 2 aromatic carbocycles. The Hall–Kier alpha value is -3.69. The number of benzene rings is 2. The lowest BCUT2D eigenvalue weighted by Gasteiger charge is -2.30. The van der Waals surface area contributed by atoms with Crippen LogP contribution in [0.4, 0.5) is 0 Å². The Morgan fingerprint density at radius 2 is 2.08 bits per heavy atom. The molecule has 0 spiro atoms. The summed E-state index contributed by atoms with van der Waals surface area (Å²) in [7, 11) is 1.84. The summed E-state index contributed by atoms with van der Waals surface area (Å²) in [6.07, 6.45) is 3.58. The first-order chi connectivity index (χ1) is 17.4. The number of nitrogens with zero attached hydrogens (tertiary/aromatic N) is 3. The van der Waals surface area contributed by atoms with Gasteiger partial charge in [0.25, 0.3) is 11.8 Å². The van der Waals surface area contributed by atoms with Gasteiger partial charge in [-0.25, -0.2) is 0 Å². The van der Waals surface area contributed by atoms with Crippen molar-refractivity contribution in [1.29, 1.82) is 0 Å². The van der Waals surface area contributed by atoms with E-state index in [9.17, 15) is 14.7 Å². The normalized spacial score (nSPS) is 17.5. The molecule has 0 bridgehead atoms. The van der Waals surface area contributed by atoms with Gasteiger partial charge in [-0.15, -0.1) is 0 Å². The molecule has 2 amide bonds. The van der Waals surface area contributed by atoms with Gasteiger partial charge in [-0.3, -0.25) is 14.3 Å². The van der Waals surface area contributed by atoms with Crippen molar-refractivity contribution in [2.45, 2.75) is 45.1 Å². The molecule has 0 saturated heterocycles. The molecule has 2 aliphatic rings. The van der Waals surface area contributed by atoms with Gasteiger partial charge in [0.15, 0.2) is 0 Å². The van der Waals surface area contributed by atoms with E-state index in [1.165, 1.54) is 11.1 Å². The van der Waals surface area contributed by atoms with Gasteiger partial charge in [0, 0.05) is 56.6 Å². The largest absolute Gasteiger partial charge is 0.493 e. The van der Waals surface area contributed by atoms with Crippen LogP contribution >= 0.6 is 0 Å². The van der Waals surface area contributed by atoms with Crippen LogP contribution < -0.4 is 15.4 Å². The lowest BCUT2D eigenvalue weighted by Crippen LogP contribution is -2.49. The molecule has 1 aromatic heterocycles. The second kappa shape index (κ2) is 10.1. The second-order valence-electron chi connectivity index (χ2n) is 9.36. The van der Waals surface area contributed by atoms with Crippen LogP contribution in [0.5, 0.6) is 5.75 Å². The zero-order valence-corrected chi connectivity index (χ0v) is 20.5. The Bertz CT molecular complexity index is 1290. The predicted octanol–water partition coefficient (Wildman–Crippen LogP) is 1.78. The molecule has 1 unspecified atom stereocenters. The Morgan fingerprint density at radius 3 is 2.83 bits per heavy atom. The van der Waals surface area contributed by atoms with Crippen LogP contribution in [0.25, 0.3) is 0 Å². The second-order valence-corrected chi connectivity index (χ2v) is 9.36. The topological polar surface area (TPSA) is 109 Å². The first-order valence-corrected chi connectivity index (χ1v) is 12.3. The summed E-state index contributed by atoms with van der Waals surface area (Å²) in [6, 6.07) is 11.4. The number of fused-ring (bicyclic) bond motifs is 2. The molecule has 36 heavy (non-hydrogen) atoms. The van der Waals surface area contributed by atoms with E-state index in [0.29, 0.717) is 49.5 Å². The maximum atomic E-state index is 13.2. The predicted molar refractivity (Wildman–Crippen MR) is 134 cm³/mol. The van der Waals surface area contributed by atoms with Crippen LogP contribution in [0.15, 0.2) is 48.8 Å². The molecular weight excluding hydrogens is 458 g/mol. The fourth-order valence-corrected chi connectivity index (χ4v) is 4.94. The molecule has 0 aliphatic carbocycles. The van der Waals surface area contributed by atoms with Crippen molar-refractivity contribution in [3.63, 3.8) is 0 Å². The molecule has 3 aromatic rings. The van der Waals surface area contributed by atoms with Gasteiger partial charge in [-0.05, 0) is 42.2 Å². The maximum absolute atomic E-state index is 13.2. The molecule has 3 heterocycles. The fraction of sp³-hybridized carbons (Fsp3) is 0.370. The van der Waals surface area contributed by atoms with E-state index in [2.05, 4.69) is 27.9 Å². The van der Waals surface area contributed by atoms with Gasteiger partial charge < -0.3 is 25.4 Å². The Kier molecular flexibility index (Phi) is 6.75. The number of carbonyl (C=O) groups is 2. The van der Waals surface area contributed by atoms with Gasteiger partial charge in [0.2, 0.25) is 0 Å². The minimum Gasteiger partial charge on any atom is -0.493 e. The monoisotopic (exact) mass is 489 g/mol. The van der Waals surface area contributed by atoms with Crippen molar-refractivity contribution in [3.05, 3.63) is 82.2 Å². The summed E-state index contributed by atoms with van der Waals surface area (Å²) in [6.45, 7) is 3.84. The number of aryl methyl sites for hydroxylation is 1. The molecule has 9 heteroatoms. The summed E-state index contributed by atoms with van der Waals surface area (Å²) in [5.41, 5.74) is 5.07. The lowest BCUT2D eigenvalue weighted by atomic mass is 9.93. The number of nitrogens with one attached hydrogen (secondary N) is 2. The van der Waals surface area contributed by atoms with Crippen LogP contribution in [-0.4, -0.2) is 56.9 Å². The Labute approximate surface area is 210 Å². The lowest BCUT2D eigenvalue weighted by molar-refractivity contribution is 0.0766. The number of aliphatic hydroxyl groups excluding tert-OH is 1. The fourth-order valence-electron chi connectivity index (χ4n) is 4.94. The van der Waals surface area contributed by atoms with Gasteiger partial charge in [0.1, 0.15) is 5.75 Å². The molecule has 188 valence electrons. The summed E-state index contributed by atoms with van der Waals surface area (Å²) in [5, 5.41) is 21.2. The highest BCUT2D eigenvalue weighted by Gasteiger charge is 2.31. The van der Waals surface area contributed by atoms with Crippen molar-refractivity contribution < 1.29 is 19.4 Å². The number of carbonyl (C=O) groups excluding carboxylic acids is 2. The van der Waals surface area contributed by atoms with Crippen molar-refractivity contribution in [3.8, 4) is 5.75 Å². The molecule has 3 N–H and O–H groups in total. The first kappa shape index (κ1) is 24.0. The smallest absolute Gasteiger partial charge is 0.255 e. The van der Waals surface area contributed by atoms with E-state index < -0.39 is 6.10 Å². The van der Waals surface area contributed by atoms with Crippen LogP contribution in [0.3, 0.4) is 0 Å². The molecule has 2 aliphatic heterocycles. The quantitative estimate of drug-likeness (QED) is 0.445. The average Bonchev–Trinajstić information content (AvgIpc) is 3.43. The summed E-state index contributed by atoms with van der Waals surface area (Å²) >= 11 is 0. The van der Waals surface area contributed by atoms with E-state index in [0.717, 1.165) is 11.1 Å². The minimum atomic E-state index is -0.746. The van der Waals surface area contributed by atoms with E-state index in [4.69, 9.17) is 4.74 Å². The third-order valence-corrected chi connectivity index (χ3v) is 6.81. The number of ether oxygens (including phenoxy) is 1. The number of aliphatic hydroxyl groups is 1. The highest BCUT2D eigenvalue weighted by Crippen LogP contribution is 2.31. The number of hydrogen-bond acceptors (Lipinski definition) is 6. The molecular formula is C27H31N5O4. The minimum absolute atomic E-state index is 0.0964. The SMILES string of the molecule is CCOc1cc2c(cc1C(=O)NCC(O)[C@@H]1Cc3ccccc3CN1)CN(Cc1cnn(C)c1)C2=O. The molecule has 0 radical (unpaired) electrons. The van der Waals surface area contributed by atoms with Crippen molar-refractivity contribution >= 4 is 11.8 Å². The van der Waals surface area contributed by atoms with Crippen molar-refractivity contribution in [1.82, 2.24) is 25.3 Å². The molecule has 5 rings (SSSR count). The van der Waals surface area contributed by atoms with E-state index in [1.54, 1.807) is 27.9 Å². The van der Waals surface area contributed by atoms with Crippen molar-refractivity contribution in [2.75, 3.05) is 13.2 Å². The molecule has 2 atom stereocenters. The Balaban J connectivity index is 1.27. The highest BCUT2D eigenvalue weighted by atomic mass is 16.5. The van der Waals surface area contributed by atoms with Gasteiger partial charge in [-0.2, -0.15) is 5.10 Å². The van der Waals surface area contributed by atoms with Crippen LogP contribution in [-0.2, 0) is 33.1 Å². The standard InChI is InChI=1S/C27H31N5O4/c1-3-36-25-10-21-20(16-32(27(21)35)15-17-11-30-31(2)14-17)8-22(25)26(34)29-13-24(33)23-9-18-6-4-5-7-19(18)12-28-23/h4-8,10-11,14,23-24,28,33H,3,9,12-13,15-16H2,1-2H3,(H,29,34)/t23-,24?/m0/s1.